The molecule has 2 aliphatic carbocycles. The average Bonchev–Trinajstić information content (AvgIpc) is 3.26. The van der Waals surface area contributed by atoms with Gasteiger partial charge >= 0.3 is 0 Å². The first-order valence-electron chi connectivity index (χ1n) is 15.0. The zero-order chi connectivity index (χ0) is 30.8. The maximum atomic E-state index is 14.4. The normalized spacial score (nSPS) is 22.9. The highest BCUT2D eigenvalue weighted by Gasteiger charge is 2.65. The topological polar surface area (TPSA) is 60.4 Å². The van der Waals surface area contributed by atoms with E-state index in [-0.39, 0.29) is 33.7 Å². The van der Waals surface area contributed by atoms with Crippen molar-refractivity contribution in [1.82, 2.24) is 0 Å². The lowest BCUT2D eigenvalue weighted by atomic mass is 9.70. The quantitative estimate of drug-likeness (QED) is 0.269. The van der Waals surface area contributed by atoms with Gasteiger partial charge in [-0.2, -0.15) is 8.42 Å². The van der Waals surface area contributed by atoms with Crippen LogP contribution in [0.1, 0.15) is 85.8 Å². The summed E-state index contributed by atoms with van der Waals surface area (Å²) in [7, 11) is -6.91. The maximum absolute atomic E-state index is 14.4. The van der Waals surface area contributed by atoms with Gasteiger partial charge in [-0.1, -0.05) is 97.9 Å². The molecule has 0 aromatic heterocycles. The molecule has 2 atom stereocenters. The number of benzene rings is 3. The predicted molar refractivity (Wildman–Crippen MR) is 173 cm³/mol. The molecule has 2 aliphatic rings. The monoisotopic (exact) mass is 606 g/mol. The standard InChI is InChI=1S/C36H46O4S2/c1-33(2,3)26-14-18-30(19-15-26)42(29-12-10-9-11-13-29,31-20-16-27(17-21-31)34(4,5)6)40-41(38,39)25-36-23-22-28(24-32(36)37)35(36,7)8/h9-21,28H,22-25H2,1-8H3. The van der Waals surface area contributed by atoms with Crippen LogP contribution in [0.15, 0.2) is 93.5 Å². The number of ketones is 1. The second kappa shape index (κ2) is 10.3. The molecule has 42 heavy (non-hydrogen) atoms. The van der Waals surface area contributed by atoms with Crippen LogP contribution < -0.4 is 0 Å². The minimum Gasteiger partial charge on any atom is -0.299 e. The highest BCUT2D eigenvalue weighted by atomic mass is 32.3. The Bertz CT molecular complexity index is 1500. The van der Waals surface area contributed by atoms with Gasteiger partial charge in [0.05, 0.1) is 11.2 Å². The fourth-order valence-corrected chi connectivity index (χ4v) is 13.1. The number of hydrogen-bond donors (Lipinski definition) is 0. The van der Waals surface area contributed by atoms with Crippen LogP contribution in [-0.2, 0) is 29.4 Å². The van der Waals surface area contributed by atoms with Gasteiger partial charge in [0.2, 0.25) is 0 Å². The molecule has 0 heterocycles. The van der Waals surface area contributed by atoms with Gasteiger partial charge in [0.25, 0.3) is 10.1 Å². The smallest absolute Gasteiger partial charge is 0.278 e. The largest absolute Gasteiger partial charge is 0.299 e. The molecule has 2 bridgehead atoms. The molecule has 0 radical (unpaired) electrons. The van der Waals surface area contributed by atoms with Crippen LogP contribution in [0, 0.1) is 16.7 Å². The molecule has 3 aromatic carbocycles. The first kappa shape index (κ1) is 31.0. The van der Waals surface area contributed by atoms with Crippen molar-refractivity contribution in [2.24, 2.45) is 16.7 Å². The van der Waals surface area contributed by atoms with E-state index in [9.17, 15) is 13.2 Å². The molecule has 2 fully saturated rings. The minimum atomic E-state index is -4.18. The third-order valence-corrected chi connectivity index (χ3v) is 15.2. The van der Waals surface area contributed by atoms with E-state index in [0.29, 0.717) is 12.8 Å². The van der Waals surface area contributed by atoms with Gasteiger partial charge in [-0.15, -0.1) is 0 Å². The molecule has 226 valence electrons. The Hall–Kier alpha value is -2.41. The van der Waals surface area contributed by atoms with Gasteiger partial charge in [-0.3, -0.25) is 4.79 Å². The molecule has 4 nitrogen and oxygen atoms in total. The van der Waals surface area contributed by atoms with Crippen LogP contribution in [0.5, 0.6) is 0 Å². The van der Waals surface area contributed by atoms with Crippen molar-refractivity contribution in [3.05, 3.63) is 90.0 Å². The fourth-order valence-electron chi connectivity index (χ4n) is 7.02. The molecule has 2 saturated carbocycles. The summed E-state index contributed by atoms with van der Waals surface area (Å²) in [5.41, 5.74) is 0.910. The molecular weight excluding hydrogens is 561 g/mol. The fraction of sp³-hybridized carbons (Fsp3) is 0.472. The number of Topliss-reactive ketones (excluding diaryl/α,β-unsaturated/α-hetero) is 1. The van der Waals surface area contributed by atoms with E-state index in [1.54, 1.807) is 0 Å². The summed E-state index contributed by atoms with van der Waals surface area (Å²) >= 11 is 0. The average molecular weight is 607 g/mol. The summed E-state index contributed by atoms with van der Waals surface area (Å²) in [6.45, 7) is 17.1. The molecule has 0 aliphatic heterocycles. The van der Waals surface area contributed by atoms with Crippen LogP contribution in [0.4, 0.5) is 0 Å². The van der Waals surface area contributed by atoms with Crippen molar-refractivity contribution in [2.45, 2.75) is 100 Å². The molecule has 0 saturated heterocycles. The van der Waals surface area contributed by atoms with E-state index < -0.39 is 25.8 Å². The molecule has 0 spiro atoms. The van der Waals surface area contributed by atoms with Crippen LogP contribution in [0.25, 0.3) is 0 Å². The number of carbonyl (C=O) groups is 1. The van der Waals surface area contributed by atoms with Crippen molar-refractivity contribution < 1.29 is 16.8 Å². The molecule has 3 aromatic rings. The molecular formula is C36H46O4S2. The van der Waals surface area contributed by atoms with Crippen molar-refractivity contribution in [3.63, 3.8) is 0 Å². The zero-order valence-corrected chi connectivity index (χ0v) is 28.0. The lowest BCUT2D eigenvalue weighted by Gasteiger charge is -2.42. The molecule has 5 rings (SSSR count). The maximum Gasteiger partial charge on any atom is 0.278 e. The Labute approximate surface area is 254 Å². The number of hydrogen-bond acceptors (Lipinski definition) is 4. The van der Waals surface area contributed by atoms with Crippen molar-refractivity contribution in [3.8, 4) is 0 Å². The third-order valence-electron chi connectivity index (χ3n) is 9.95. The number of fused-ring (bicyclic) bond motifs is 2. The summed E-state index contributed by atoms with van der Waals surface area (Å²) in [6.07, 6.45) is 1.94. The Kier molecular flexibility index (Phi) is 7.65. The number of carbonyl (C=O) groups excluding carboxylic acids is 1. The Balaban J connectivity index is 1.71. The van der Waals surface area contributed by atoms with Gasteiger partial charge in [-0.05, 0) is 92.8 Å². The summed E-state index contributed by atoms with van der Waals surface area (Å²) in [5, 5.41) is 0. The van der Waals surface area contributed by atoms with Gasteiger partial charge in [0.15, 0.2) is 0 Å². The second-order valence-corrected chi connectivity index (χ2v) is 19.3. The lowest BCUT2D eigenvalue weighted by molar-refractivity contribution is -0.128. The predicted octanol–water partition coefficient (Wildman–Crippen LogP) is 9.22. The Morgan fingerprint density at radius 2 is 1.19 bits per heavy atom. The molecule has 0 amide bonds. The zero-order valence-electron chi connectivity index (χ0n) is 26.4. The molecule has 2 unspecified atom stereocenters. The van der Waals surface area contributed by atoms with Gasteiger partial charge < -0.3 is 0 Å². The van der Waals surface area contributed by atoms with E-state index in [0.717, 1.165) is 32.2 Å². The van der Waals surface area contributed by atoms with E-state index in [1.807, 2.05) is 54.6 Å². The van der Waals surface area contributed by atoms with Gasteiger partial charge in [-0.25, -0.2) is 3.63 Å². The van der Waals surface area contributed by atoms with Gasteiger partial charge in [0, 0.05) is 21.1 Å². The minimum absolute atomic E-state index is 0.0584. The summed E-state index contributed by atoms with van der Waals surface area (Å²) in [4.78, 5) is 15.8. The molecule has 6 heteroatoms. The molecule has 0 N–H and O–H groups in total. The number of rotatable bonds is 7. The summed E-state index contributed by atoms with van der Waals surface area (Å²) in [5.74, 6) is 0.00552. The Morgan fingerprint density at radius 1 is 0.738 bits per heavy atom. The van der Waals surface area contributed by atoms with E-state index in [1.165, 1.54) is 0 Å². The summed E-state index contributed by atoms with van der Waals surface area (Å²) in [6, 6.07) is 26.2. The SMILES string of the molecule is CC(C)(C)c1ccc(S(OS(=O)(=O)CC23CCC(CC2=O)C3(C)C)(c2ccccc2)c2ccc(C(C)(C)C)cc2)cc1. The highest BCUT2D eigenvalue weighted by Crippen LogP contribution is 2.71. The van der Waals surface area contributed by atoms with E-state index in [4.69, 9.17) is 3.63 Å². The van der Waals surface area contributed by atoms with Crippen LogP contribution in [0.3, 0.4) is 0 Å². The first-order valence-corrected chi connectivity index (χ1v) is 18.1. The third kappa shape index (κ3) is 5.18. The van der Waals surface area contributed by atoms with Crippen molar-refractivity contribution >= 4 is 26.2 Å². The second-order valence-electron chi connectivity index (χ2n) is 14.9. The van der Waals surface area contributed by atoms with E-state index in [2.05, 4.69) is 79.7 Å². The van der Waals surface area contributed by atoms with Crippen LogP contribution >= 0.6 is 10.3 Å². The van der Waals surface area contributed by atoms with Crippen molar-refractivity contribution in [2.75, 3.05) is 5.75 Å². The van der Waals surface area contributed by atoms with Crippen LogP contribution in [-0.4, -0.2) is 20.0 Å². The van der Waals surface area contributed by atoms with Crippen LogP contribution in [0.2, 0.25) is 0 Å². The Morgan fingerprint density at radius 3 is 1.57 bits per heavy atom. The summed E-state index contributed by atoms with van der Waals surface area (Å²) < 4.78 is 35.6. The van der Waals surface area contributed by atoms with Crippen molar-refractivity contribution in [1.29, 1.82) is 0 Å². The first-order chi connectivity index (χ1) is 19.4. The highest BCUT2D eigenvalue weighted by molar-refractivity contribution is 8.33. The van der Waals surface area contributed by atoms with Gasteiger partial charge in [0.1, 0.15) is 5.78 Å². The lowest BCUT2D eigenvalue weighted by Crippen LogP contribution is -2.42. The van der Waals surface area contributed by atoms with E-state index >= 15 is 0 Å².